The average molecular weight is 533 g/mol. The minimum absolute atomic E-state index is 0.00810. The second-order valence-corrected chi connectivity index (χ2v) is 9.10. The van der Waals surface area contributed by atoms with Crippen molar-refractivity contribution in [1.29, 1.82) is 0 Å². The van der Waals surface area contributed by atoms with Crippen LogP contribution in [0.15, 0.2) is 108 Å². The summed E-state index contributed by atoms with van der Waals surface area (Å²) in [6.07, 6.45) is 16.9. The van der Waals surface area contributed by atoms with Crippen LogP contribution < -0.4 is 10.6 Å². The van der Waals surface area contributed by atoms with Crippen molar-refractivity contribution >= 4 is 11.9 Å². The number of carboxylic acid groups (broad SMARTS) is 1. The van der Waals surface area contributed by atoms with Gasteiger partial charge in [-0.25, -0.2) is 0 Å². The van der Waals surface area contributed by atoms with E-state index in [0.717, 1.165) is 34.3 Å². The fourth-order valence-electron chi connectivity index (χ4n) is 3.99. The molecule has 210 valence electrons. The minimum Gasteiger partial charge on any atom is -0.481 e. The van der Waals surface area contributed by atoms with Gasteiger partial charge in [0.1, 0.15) is 0 Å². The monoisotopic (exact) mass is 532 g/mol. The number of hydrogen-bond donors (Lipinski definition) is 3. The summed E-state index contributed by atoms with van der Waals surface area (Å²) in [6.45, 7) is 15.3. The van der Waals surface area contributed by atoms with Crippen LogP contribution in [0.25, 0.3) is 0 Å². The van der Waals surface area contributed by atoms with E-state index >= 15 is 0 Å². The molecule has 0 bridgehead atoms. The first kappa shape index (κ1) is 33.1. The number of carboxylic acids is 1. The van der Waals surface area contributed by atoms with Crippen LogP contribution in [0, 0.1) is 5.92 Å². The van der Waals surface area contributed by atoms with Gasteiger partial charge in [-0.05, 0) is 53.7 Å². The average Bonchev–Trinajstić information content (AvgIpc) is 2.93. The molecule has 6 nitrogen and oxygen atoms in total. The number of ether oxygens (including phenoxy) is 1. The number of nitrogens with one attached hydrogen (secondary N) is 2. The Morgan fingerprint density at radius 1 is 1.13 bits per heavy atom. The van der Waals surface area contributed by atoms with Gasteiger partial charge < -0.3 is 20.5 Å². The van der Waals surface area contributed by atoms with E-state index in [1.807, 2.05) is 68.8 Å². The molecule has 2 atom stereocenters. The summed E-state index contributed by atoms with van der Waals surface area (Å²) in [7, 11) is 3.53. The lowest BCUT2D eigenvalue weighted by atomic mass is 9.75. The summed E-state index contributed by atoms with van der Waals surface area (Å²) >= 11 is 0. The summed E-state index contributed by atoms with van der Waals surface area (Å²) in [5.41, 5.74) is 5.56. The van der Waals surface area contributed by atoms with E-state index in [1.54, 1.807) is 19.2 Å². The van der Waals surface area contributed by atoms with Crippen molar-refractivity contribution in [2.45, 2.75) is 39.5 Å². The van der Waals surface area contributed by atoms with E-state index in [1.165, 1.54) is 0 Å². The summed E-state index contributed by atoms with van der Waals surface area (Å²) in [4.78, 5) is 23.2. The first-order valence-electron chi connectivity index (χ1n) is 13.2. The summed E-state index contributed by atoms with van der Waals surface area (Å²) in [5, 5.41) is 14.6. The van der Waals surface area contributed by atoms with E-state index in [9.17, 15) is 9.59 Å². The van der Waals surface area contributed by atoms with Crippen molar-refractivity contribution in [2.75, 3.05) is 27.3 Å². The SMILES string of the molecule is C=C(/C=C\C(=C)C(C(=C/C=C\C)/C(/C=C\COC)=C/NC)C(C)c1ccc(C(=O)NCCC(=O)O)cc1)CC. The van der Waals surface area contributed by atoms with E-state index < -0.39 is 5.97 Å². The Morgan fingerprint density at radius 2 is 1.82 bits per heavy atom. The van der Waals surface area contributed by atoms with Crippen LogP contribution in [-0.2, 0) is 9.53 Å². The largest absolute Gasteiger partial charge is 0.481 e. The number of rotatable bonds is 17. The lowest BCUT2D eigenvalue weighted by Crippen LogP contribution is -2.26. The Hall–Kier alpha value is -3.90. The number of aliphatic carboxylic acids is 1. The maximum Gasteiger partial charge on any atom is 0.305 e. The standard InChI is InChI=1S/C33H44N2O4/c1-8-10-13-30(29(23-34-6)12-11-22-39-7)32(25(4)15-14-24(3)9-2)26(5)27-16-18-28(19-17-27)33(38)35-21-20-31(36)37/h8,10-19,23,26,32,34H,3-4,9,20-22H2,1-2,5-7H3,(H,35,38)(H,36,37)/b10-8-,12-11-,15-14-,29-23+,30-13+. The van der Waals surface area contributed by atoms with Crippen molar-refractivity contribution < 1.29 is 19.4 Å². The molecule has 0 aliphatic rings. The Labute approximate surface area is 234 Å². The molecule has 0 heterocycles. The molecule has 39 heavy (non-hydrogen) atoms. The molecule has 0 aromatic heterocycles. The zero-order chi connectivity index (χ0) is 29.2. The predicted molar refractivity (Wildman–Crippen MR) is 162 cm³/mol. The number of benzene rings is 1. The molecule has 0 aliphatic heterocycles. The van der Waals surface area contributed by atoms with E-state index in [-0.39, 0.29) is 30.7 Å². The molecule has 2 unspecified atom stereocenters. The van der Waals surface area contributed by atoms with Crippen LogP contribution in [0.4, 0.5) is 0 Å². The first-order valence-corrected chi connectivity index (χ1v) is 13.2. The molecule has 1 amide bonds. The van der Waals surface area contributed by atoms with Crippen LogP contribution in [0.2, 0.25) is 0 Å². The van der Waals surface area contributed by atoms with Gasteiger partial charge in [-0.15, -0.1) is 0 Å². The van der Waals surface area contributed by atoms with E-state index in [2.05, 4.69) is 43.7 Å². The number of carbonyl (C=O) groups excluding carboxylic acids is 1. The van der Waals surface area contributed by atoms with Gasteiger partial charge in [-0.1, -0.05) is 87.2 Å². The molecular formula is C33H44N2O4. The topological polar surface area (TPSA) is 87.7 Å². The van der Waals surface area contributed by atoms with Crippen LogP contribution in [-0.4, -0.2) is 44.3 Å². The summed E-state index contributed by atoms with van der Waals surface area (Å²) in [5.74, 6) is -1.33. The van der Waals surface area contributed by atoms with E-state index in [0.29, 0.717) is 12.2 Å². The van der Waals surface area contributed by atoms with Crippen molar-refractivity contribution in [3.8, 4) is 0 Å². The van der Waals surface area contributed by atoms with Gasteiger partial charge in [-0.3, -0.25) is 9.59 Å². The Kier molecular flexibility index (Phi) is 15.6. The zero-order valence-electron chi connectivity index (χ0n) is 24.0. The second kappa shape index (κ2) is 18.4. The highest BCUT2D eigenvalue weighted by atomic mass is 16.5. The number of allylic oxidation sites excluding steroid dienone is 10. The van der Waals surface area contributed by atoms with Gasteiger partial charge in [0.2, 0.25) is 0 Å². The normalized spacial score (nSPS) is 14.1. The molecule has 1 aromatic carbocycles. The van der Waals surface area contributed by atoms with Crippen LogP contribution in [0.1, 0.15) is 55.5 Å². The summed E-state index contributed by atoms with van der Waals surface area (Å²) < 4.78 is 5.23. The van der Waals surface area contributed by atoms with Gasteiger partial charge in [0.15, 0.2) is 0 Å². The predicted octanol–water partition coefficient (Wildman–Crippen LogP) is 6.50. The van der Waals surface area contributed by atoms with Crippen LogP contribution in [0.3, 0.4) is 0 Å². The second-order valence-electron chi connectivity index (χ2n) is 9.10. The number of amides is 1. The highest BCUT2D eigenvalue weighted by molar-refractivity contribution is 5.94. The zero-order valence-corrected chi connectivity index (χ0v) is 24.0. The molecule has 0 aliphatic carbocycles. The van der Waals surface area contributed by atoms with Gasteiger partial charge in [0.05, 0.1) is 13.0 Å². The van der Waals surface area contributed by atoms with Crippen molar-refractivity contribution in [1.82, 2.24) is 10.6 Å². The lowest BCUT2D eigenvalue weighted by molar-refractivity contribution is -0.136. The molecule has 0 fully saturated rings. The van der Waals surface area contributed by atoms with Crippen LogP contribution in [0.5, 0.6) is 0 Å². The number of hydrogen-bond acceptors (Lipinski definition) is 4. The smallest absolute Gasteiger partial charge is 0.305 e. The molecule has 1 aromatic rings. The third-order valence-electron chi connectivity index (χ3n) is 6.21. The highest BCUT2D eigenvalue weighted by Gasteiger charge is 2.26. The molecule has 0 saturated carbocycles. The molecule has 0 saturated heterocycles. The van der Waals surface area contributed by atoms with Crippen molar-refractivity contribution in [2.24, 2.45) is 5.92 Å². The highest BCUT2D eigenvalue weighted by Crippen LogP contribution is 2.39. The third-order valence-corrected chi connectivity index (χ3v) is 6.21. The molecule has 6 heteroatoms. The third kappa shape index (κ3) is 11.6. The molecular weight excluding hydrogens is 488 g/mol. The maximum absolute atomic E-state index is 12.5. The Balaban J connectivity index is 3.53. The maximum atomic E-state index is 12.5. The number of methoxy groups -OCH3 is 1. The van der Waals surface area contributed by atoms with Crippen LogP contribution >= 0.6 is 0 Å². The molecule has 0 radical (unpaired) electrons. The lowest BCUT2D eigenvalue weighted by Gasteiger charge is -2.29. The fourth-order valence-corrected chi connectivity index (χ4v) is 3.99. The number of carbonyl (C=O) groups is 2. The fraction of sp³-hybridized carbons (Fsp3) is 0.333. The Bertz CT molecular complexity index is 1120. The van der Waals surface area contributed by atoms with Gasteiger partial charge in [-0.2, -0.15) is 0 Å². The Morgan fingerprint density at radius 3 is 2.38 bits per heavy atom. The van der Waals surface area contributed by atoms with Gasteiger partial charge >= 0.3 is 5.97 Å². The van der Waals surface area contributed by atoms with E-state index in [4.69, 9.17) is 9.84 Å². The quantitative estimate of drug-likeness (QED) is 0.199. The molecule has 3 N–H and O–H groups in total. The molecule has 0 spiro atoms. The molecule has 1 rings (SSSR count). The minimum atomic E-state index is -0.951. The van der Waals surface area contributed by atoms with Crippen molar-refractivity contribution in [3.63, 3.8) is 0 Å². The first-order chi connectivity index (χ1) is 18.7. The van der Waals surface area contributed by atoms with Gasteiger partial charge in [0, 0.05) is 38.4 Å². The van der Waals surface area contributed by atoms with Gasteiger partial charge in [0.25, 0.3) is 5.91 Å². The summed E-state index contributed by atoms with van der Waals surface area (Å²) in [6, 6.07) is 7.44. The van der Waals surface area contributed by atoms with Crippen molar-refractivity contribution in [3.05, 3.63) is 120 Å².